The predicted molar refractivity (Wildman–Crippen MR) is 66.0 cm³/mol. The van der Waals surface area contributed by atoms with Crippen molar-refractivity contribution in [1.29, 1.82) is 0 Å². The van der Waals surface area contributed by atoms with Gasteiger partial charge < -0.3 is 10.4 Å². The Kier molecular flexibility index (Phi) is 4.69. The van der Waals surface area contributed by atoms with Crippen LogP contribution in [0, 0.1) is 13.8 Å². The van der Waals surface area contributed by atoms with Crippen molar-refractivity contribution in [2.24, 2.45) is 0 Å². The Morgan fingerprint density at radius 2 is 1.76 bits per heavy atom. The first kappa shape index (κ1) is 13.2. The second kappa shape index (κ2) is 6.03. The Morgan fingerprint density at radius 3 is 2.29 bits per heavy atom. The fraction of sp³-hybridized carbons (Fsp3) is 0.385. The summed E-state index contributed by atoms with van der Waals surface area (Å²) >= 11 is 0. The van der Waals surface area contributed by atoms with Crippen LogP contribution in [-0.2, 0) is 9.59 Å². The quantitative estimate of drug-likeness (QED) is 0.824. The predicted octanol–water partition coefficient (Wildman–Crippen LogP) is 2.50. The minimum absolute atomic E-state index is 0.0280. The van der Waals surface area contributed by atoms with Gasteiger partial charge in [0.15, 0.2) is 0 Å². The molecule has 0 fully saturated rings. The van der Waals surface area contributed by atoms with Crippen molar-refractivity contribution in [3.63, 3.8) is 0 Å². The Morgan fingerprint density at radius 1 is 1.18 bits per heavy atom. The molecule has 0 aliphatic heterocycles. The molecule has 1 aromatic carbocycles. The van der Waals surface area contributed by atoms with Crippen LogP contribution in [0.15, 0.2) is 18.2 Å². The van der Waals surface area contributed by atoms with E-state index in [1.54, 1.807) is 0 Å². The smallest absolute Gasteiger partial charge is 0.303 e. The summed E-state index contributed by atoms with van der Waals surface area (Å²) in [5, 5.41) is 11.3. The zero-order valence-electron chi connectivity index (χ0n) is 10.1. The lowest BCUT2D eigenvalue weighted by molar-refractivity contribution is -0.137. The molecule has 0 saturated carbocycles. The van der Waals surface area contributed by atoms with Crippen LogP contribution in [0.2, 0.25) is 0 Å². The van der Waals surface area contributed by atoms with Gasteiger partial charge in [-0.05, 0) is 31.4 Å². The van der Waals surface area contributed by atoms with E-state index in [-0.39, 0.29) is 18.7 Å². The lowest BCUT2D eigenvalue weighted by atomic mass is 10.1. The molecular weight excluding hydrogens is 218 g/mol. The van der Waals surface area contributed by atoms with Gasteiger partial charge in [-0.15, -0.1) is 0 Å². The van der Waals surface area contributed by atoms with Gasteiger partial charge in [0.2, 0.25) is 5.91 Å². The first-order valence-corrected chi connectivity index (χ1v) is 5.58. The highest BCUT2D eigenvalue weighted by atomic mass is 16.4. The maximum Gasteiger partial charge on any atom is 0.303 e. The van der Waals surface area contributed by atoms with E-state index in [1.807, 2.05) is 32.0 Å². The third kappa shape index (κ3) is 4.26. The number of aryl methyl sites for hydroxylation is 2. The van der Waals surface area contributed by atoms with E-state index in [1.165, 1.54) is 0 Å². The van der Waals surface area contributed by atoms with Gasteiger partial charge in [0.05, 0.1) is 0 Å². The summed E-state index contributed by atoms with van der Waals surface area (Å²) < 4.78 is 0. The van der Waals surface area contributed by atoms with Crippen LogP contribution in [-0.4, -0.2) is 17.0 Å². The second-order valence-corrected chi connectivity index (χ2v) is 4.06. The summed E-state index contributed by atoms with van der Waals surface area (Å²) in [6.07, 6.45) is 0.631. The molecule has 4 heteroatoms. The molecule has 17 heavy (non-hydrogen) atoms. The van der Waals surface area contributed by atoms with Crippen molar-refractivity contribution in [2.75, 3.05) is 5.32 Å². The van der Waals surface area contributed by atoms with E-state index < -0.39 is 5.97 Å². The topological polar surface area (TPSA) is 66.4 Å². The molecular formula is C13H17NO3. The largest absolute Gasteiger partial charge is 0.481 e. The van der Waals surface area contributed by atoms with E-state index in [0.29, 0.717) is 6.42 Å². The molecule has 0 aliphatic rings. The van der Waals surface area contributed by atoms with Crippen molar-refractivity contribution in [3.8, 4) is 0 Å². The number of anilines is 1. The number of hydrogen-bond acceptors (Lipinski definition) is 2. The van der Waals surface area contributed by atoms with E-state index in [2.05, 4.69) is 5.32 Å². The number of aliphatic carboxylic acids is 1. The highest BCUT2D eigenvalue weighted by Gasteiger charge is 2.07. The van der Waals surface area contributed by atoms with Crippen LogP contribution < -0.4 is 5.32 Å². The molecule has 0 aliphatic carbocycles. The van der Waals surface area contributed by atoms with Crippen molar-refractivity contribution in [3.05, 3.63) is 29.3 Å². The Labute approximate surface area is 101 Å². The third-order valence-electron chi connectivity index (χ3n) is 2.54. The molecule has 0 unspecified atom stereocenters. The number of hydrogen-bond donors (Lipinski definition) is 2. The van der Waals surface area contributed by atoms with Gasteiger partial charge in [-0.1, -0.05) is 18.2 Å². The lowest BCUT2D eigenvalue weighted by Gasteiger charge is -2.10. The van der Waals surface area contributed by atoms with Crippen molar-refractivity contribution in [1.82, 2.24) is 0 Å². The maximum atomic E-state index is 11.6. The zero-order chi connectivity index (χ0) is 12.8. The van der Waals surface area contributed by atoms with Gasteiger partial charge in [0.1, 0.15) is 0 Å². The van der Waals surface area contributed by atoms with Crippen LogP contribution in [0.25, 0.3) is 0 Å². The first-order chi connectivity index (χ1) is 8.00. The second-order valence-electron chi connectivity index (χ2n) is 4.06. The molecule has 0 atom stereocenters. The summed E-state index contributed by atoms with van der Waals surface area (Å²) in [4.78, 5) is 21.9. The lowest BCUT2D eigenvalue weighted by Crippen LogP contribution is -2.13. The number of carbonyl (C=O) groups excluding carboxylic acids is 1. The third-order valence-corrected chi connectivity index (χ3v) is 2.54. The van der Waals surface area contributed by atoms with Gasteiger partial charge in [0.25, 0.3) is 0 Å². The SMILES string of the molecule is Cc1cccc(C)c1NC(=O)CCCC(=O)O. The average molecular weight is 235 g/mol. The molecule has 0 aromatic heterocycles. The first-order valence-electron chi connectivity index (χ1n) is 5.58. The highest BCUT2D eigenvalue weighted by molar-refractivity contribution is 5.92. The van der Waals surface area contributed by atoms with Crippen LogP contribution in [0.5, 0.6) is 0 Å². The summed E-state index contributed by atoms with van der Waals surface area (Å²) in [6.45, 7) is 3.86. The molecule has 0 radical (unpaired) electrons. The number of carboxylic acids is 1. The molecule has 0 spiro atoms. The molecule has 2 N–H and O–H groups in total. The molecule has 1 aromatic rings. The summed E-state index contributed by atoms with van der Waals surface area (Å²) in [5.41, 5.74) is 2.85. The summed E-state index contributed by atoms with van der Waals surface area (Å²) in [7, 11) is 0. The van der Waals surface area contributed by atoms with Crippen LogP contribution in [0.3, 0.4) is 0 Å². The number of carboxylic acid groups (broad SMARTS) is 1. The number of para-hydroxylation sites is 1. The molecule has 1 amide bonds. The number of nitrogens with one attached hydrogen (secondary N) is 1. The van der Waals surface area contributed by atoms with Crippen molar-refractivity contribution < 1.29 is 14.7 Å². The fourth-order valence-electron chi connectivity index (χ4n) is 1.61. The van der Waals surface area contributed by atoms with Crippen molar-refractivity contribution in [2.45, 2.75) is 33.1 Å². The fourth-order valence-corrected chi connectivity index (χ4v) is 1.61. The van der Waals surface area contributed by atoms with Crippen molar-refractivity contribution >= 4 is 17.6 Å². The van der Waals surface area contributed by atoms with Gasteiger partial charge in [-0.3, -0.25) is 9.59 Å². The average Bonchev–Trinajstić information content (AvgIpc) is 2.23. The zero-order valence-corrected chi connectivity index (χ0v) is 10.1. The van der Waals surface area contributed by atoms with E-state index in [0.717, 1.165) is 16.8 Å². The standard InChI is InChI=1S/C13H17NO3/c1-9-5-3-6-10(2)13(9)14-11(15)7-4-8-12(16)17/h3,5-6H,4,7-8H2,1-2H3,(H,14,15)(H,16,17). The number of amides is 1. The molecule has 1 rings (SSSR count). The Bertz CT molecular complexity index is 406. The minimum Gasteiger partial charge on any atom is -0.481 e. The monoisotopic (exact) mass is 235 g/mol. The molecule has 0 heterocycles. The summed E-state index contributed by atoms with van der Waals surface area (Å²) in [6, 6.07) is 5.80. The number of benzene rings is 1. The molecule has 0 bridgehead atoms. The Hall–Kier alpha value is -1.84. The molecule has 92 valence electrons. The van der Waals surface area contributed by atoms with E-state index in [4.69, 9.17) is 5.11 Å². The Balaban J connectivity index is 2.53. The van der Waals surface area contributed by atoms with Crippen LogP contribution in [0.1, 0.15) is 30.4 Å². The molecule has 4 nitrogen and oxygen atoms in total. The van der Waals surface area contributed by atoms with E-state index >= 15 is 0 Å². The van der Waals surface area contributed by atoms with Gasteiger partial charge in [-0.2, -0.15) is 0 Å². The van der Waals surface area contributed by atoms with Crippen LogP contribution >= 0.6 is 0 Å². The van der Waals surface area contributed by atoms with Gasteiger partial charge >= 0.3 is 5.97 Å². The van der Waals surface area contributed by atoms with Crippen LogP contribution in [0.4, 0.5) is 5.69 Å². The molecule has 0 saturated heterocycles. The highest BCUT2D eigenvalue weighted by Crippen LogP contribution is 2.19. The normalized spacial score (nSPS) is 10.0. The minimum atomic E-state index is -0.870. The number of rotatable bonds is 5. The maximum absolute atomic E-state index is 11.6. The van der Waals surface area contributed by atoms with E-state index in [9.17, 15) is 9.59 Å². The number of carbonyl (C=O) groups is 2. The van der Waals surface area contributed by atoms with Gasteiger partial charge in [-0.25, -0.2) is 0 Å². The van der Waals surface area contributed by atoms with Gasteiger partial charge in [0, 0.05) is 18.5 Å². The summed E-state index contributed by atoms with van der Waals surface area (Å²) in [5.74, 6) is -1.01.